The van der Waals surface area contributed by atoms with E-state index in [-0.39, 0.29) is 24.7 Å². The molecular formula is C5H11N2O2P. The zero-order chi connectivity index (χ0) is 7.56. The molecule has 0 amide bonds. The Morgan fingerprint density at radius 3 is 3.00 bits per heavy atom. The summed E-state index contributed by atoms with van der Waals surface area (Å²) in [5.74, 6) is 0.0988. The van der Waals surface area contributed by atoms with Crippen molar-refractivity contribution in [3.63, 3.8) is 0 Å². The van der Waals surface area contributed by atoms with Crippen molar-refractivity contribution in [2.45, 2.75) is 18.7 Å². The third-order valence-electron chi connectivity index (χ3n) is 1.50. The number of nitrogens with two attached hydrogens (primary N) is 1. The van der Waals surface area contributed by atoms with E-state index in [1.807, 2.05) is 0 Å². The average Bonchev–Trinajstić information content (AvgIpc) is 1.94. The summed E-state index contributed by atoms with van der Waals surface area (Å²) in [6.45, 7) is 0.157. The Kier molecular flexibility index (Phi) is 2.74. The van der Waals surface area contributed by atoms with Gasteiger partial charge in [0.2, 0.25) is 0 Å². The zero-order valence-electron chi connectivity index (χ0n) is 5.54. The van der Waals surface area contributed by atoms with Gasteiger partial charge in [0.05, 0.1) is 6.04 Å². The van der Waals surface area contributed by atoms with E-state index in [2.05, 4.69) is 14.5 Å². The summed E-state index contributed by atoms with van der Waals surface area (Å²) < 4.78 is 4.95. The third kappa shape index (κ3) is 1.73. The Labute approximate surface area is 61.7 Å². The Balaban J connectivity index is 2.45. The molecule has 3 N–H and O–H groups in total. The van der Waals surface area contributed by atoms with Gasteiger partial charge in [0.15, 0.2) is 5.78 Å². The first-order chi connectivity index (χ1) is 4.74. The second-order valence-corrected chi connectivity index (χ2v) is 2.62. The number of carbonyl (C=O) groups excluding carboxylic acids is 1. The molecule has 1 fully saturated rings. The van der Waals surface area contributed by atoms with Gasteiger partial charge >= 0.3 is 0 Å². The van der Waals surface area contributed by atoms with E-state index < -0.39 is 0 Å². The van der Waals surface area contributed by atoms with E-state index in [0.29, 0.717) is 6.42 Å². The summed E-state index contributed by atoms with van der Waals surface area (Å²) in [4.78, 5) is 10.7. The summed E-state index contributed by atoms with van der Waals surface area (Å²) in [5.41, 5.74) is 5.50. The third-order valence-corrected chi connectivity index (χ3v) is 1.92. The molecule has 0 bridgehead atoms. The van der Waals surface area contributed by atoms with Crippen molar-refractivity contribution in [2.24, 2.45) is 5.73 Å². The van der Waals surface area contributed by atoms with E-state index in [1.165, 1.54) is 0 Å². The summed E-state index contributed by atoms with van der Waals surface area (Å²) >= 11 is 0. The van der Waals surface area contributed by atoms with Crippen LogP contribution >= 0.6 is 9.39 Å². The van der Waals surface area contributed by atoms with Crippen LogP contribution in [0.15, 0.2) is 0 Å². The molecule has 1 heterocycles. The molecule has 1 saturated heterocycles. The largest absolute Gasteiger partial charge is 0.354 e. The lowest BCUT2D eigenvalue weighted by Gasteiger charge is -2.26. The minimum Gasteiger partial charge on any atom is -0.354 e. The first-order valence-corrected chi connectivity index (χ1v) is 3.67. The fraction of sp³-hybridized carbons (Fsp3) is 0.800. The zero-order valence-corrected chi connectivity index (χ0v) is 6.69. The molecule has 58 valence electrons. The van der Waals surface area contributed by atoms with Gasteiger partial charge < -0.3 is 10.5 Å². The lowest BCUT2D eigenvalue weighted by molar-refractivity contribution is -0.132. The summed E-state index contributed by atoms with van der Waals surface area (Å²) in [7, 11) is 2.32. The van der Waals surface area contributed by atoms with Crippen LogP contribution < -0.4 is 10.8 Å². The van der Waals surface area contributed by atoms with Gasteiger partial charge in [-0.2, -0.15) is 0 Å². The van der Waals surface area contributed by atoms with Crippen LogP contribution in [-0.4, -0.2) is 24.7 Å². The molecule has 3 unspecified atom stereocenters. The Morgan fingerprint density at radius 1 is 1.80 bits per heavy atom. The van der Waals surface area contributed by atoms with Gasteiger partial charge in [-0.1, -0.05) is 9.39 Å². The maximum atomic E-state index is 10.7. The SMILES string of the molecule is NC1OCC(=O)CC1NP. The summed E-state index contributed by atoms with van der Waals surface area (Å²) in [6, 6.07) is -0.0498. The fourth-order valence-electron chi connectivity index (χ4n) is 0.879. The highest BCUT2D eigenvalue weighted by molar-refractivity contribution is 7.13. The molecule has 0 spiro atoms. The lowest BCUT2D eigenvalue weighted by atomic mass is 10.1. The molecular weight excluding hydrogens is 151 g/mol. The molecule has 0 radical (unpaired) electrons. The molecule has 4 nitrogen and oxygen atoms in total. The normalized spacial score (nSPS) is 34.4. The number of Topliss-reactive ketones (excluding diaryl/α,β-unsaturated/α-hetero) is 1. The monoisotopic (exact) mass is 162 g/mol. The molecule has 1 aliphatic heterocycles. The highest BCUT2D eigenvalue weighted by Crippen LogP contribution is 2.07. The molecule has 10 heavy (non-hydrogen) atoms. The van der Waals surface area contributed by atoms with Gasteiger partial charge in [-0.25, -0.2) is 0 Å². The summed E-state index contributed by atoms with van der Waals surface area (Å²) in [6.07, 6.45) is 0.111. The Bertz CT molecular complexity index is 142. The number of rotatable bonds is 1. The number of hydrogen-bond acceptors (Lipinski definition) is 4. The fourth-order valence-corrected chi connectivity index (χ4v) is 1.19. The Morgan fingerprint density at radius 2 is 2.50 bits per heavy atom. The van der Waals surface area contributed by atoms with Gasteiger partial charge in [0.1, 0.15) is 12.8 Å². The van der Waals surface area contributed by atoms with Crippen LogP contribution in [0.4, 0.5) is 0 Å². The molecule has 3 atom stereocenters. The van der Waals surface area contributed by atoms with E-state index in [9.17, 15) is 4.79 Å². The van der Waals surface area contributed by atoms with Crippen LogP contribution in [0, 0.1) is 0 Å². The van der Waals surface area contributed by atoms with Gasteiger partial charge in [0, 0.05) is 6.42 Å². The number of ether oxygens (including phenoxy) is 1. The van der Waals surface area contributed by atoms with Crippen molar-refractivity contribution < 1.29 is 9.53 Å². The van der Waals surface area contributed by atoms with Gasteiger partial charge in [0.25, 0.3) is 0 Å². The number of ketones is 1. The van der Waals surface area contributed by atoms with E-state index >= 15 is 0 Å². The Hall–Kier alpha value is -0.0200. The minimum absolute atomic E-state index is 0.0498. The quantitative estimate of drug-likeness (QED) is 0.486. The van der Waals surface area contributed by atoms with Crippen molar-refractivity contribution in [3.8, 4) is 0 Å². The molecule has 0 saturated carbocycles. The first kappa shape index (κ1) is 8.08. The van der Waals surface area contributed by atoms with Crippen molar-refractivity contribution in [1.82, 2.24) is 5.09 Å². The molecule has 1 aliphatic rings. The van der Waals surface area contributed by atoms with Crippen LogP contribution in [0.1, 0.15) is 6.42 Å². The first-order valence-electron chi connectivity index (χ1n) is 3.09. The molecule has 5 heteroatoms. The van der Waals surface area contributed by atoms with Crippen molar-refractivity contribution in [2.75, 3.05) is 6.61 Å². The standard InChI is InChI=1S/C5H11N2O2P/c6-5-4(7-10)1-3(8)2-9-5/h4-5,7H,1-2,6,10H2. The van der Waals surface area contributed by atoms with Crippen LogP contribution in [0.25, 0.3) is 0 Å². The number of hydrogen-bond donors (Lipinski definition) is 2. The molecule has 0 aromatic heterocycles. The maximum Gasteiger partial charge on any atom is 0.160 e. The minimum atomic E-state index is -0.352. The second kappa shape index (κ2) is 3.39. The molecule has 0 aromatic carbocycles. The molecule has 0 aliphatic carbocycles. The van der Waals surface area contributed by atoms with Crippen LogP contribution in [-0.2, 0) is 9.53 Å². The predicted molar refractivity (Wildman–Crippen MR) is 40.2 cm³/mol. The van der Waals surface area contributed by atoms with Crippen molar-refractivity contribution in [3.05, 3.63) is 0 Å². The van der Waals surface area contributed by atoms with Gasteiger partial charge in [-0.3, -0.25) is 9.88 Å². The smallest absolute Gasteiger partial charge is 0.160 e. The van der Waals surface area contributed by atoms with Crippen LogP contribution in [0.2, 0.25) is 0 Å². The number of carbonyl (C=O) groups is 1. The van der Waals surface area contributed by atoms with Crippen LogP contribution in [0.3, 0.4) is 0 Å². The maximum absolute atomic E-state index is 10.7. The highest BCUT2D eigenvalue weighted by atomic mass is 31.0. The average molecular weight is 162 g/mol. The van der Waals surface area contributed by atoms with E-state index in [0.717, 1.165) is 0 Å². The van der Waals surface area contributed by atoms with E-state index in [1.54, 1.807) is 0 Å². The van der Waals surface area contributed by atoms with E-state index in [4.69, 9.17) is 10.5 Å². The number of nitrogens with one attached hydrogen (secondary N) is 1. The predicted octanol–water partition coefficient (Wildman–Crippen LogP) is -0.991. The second-order valence-electron chi connectivity index (χ2n) is 2.29. The summed E-state index contributed by atoms with van der Waals surface area (Å²) in [5, 5.41) is 2.83. The van der Waals surface area contributed by atoms with Gasteiger partial charge in [-0.05, 0) is 0 Å². The van der Waals surface area contributed by atoms with Crippen molar-refractivity contribution >= 4 is 15.2 Å². The van der Waals surface area contributed by atoms with Gasteiger partial charge in [-0.15, -0.1) is 0 Å². The van der Waals surface area contributed by atoms with Crippen LogP contribution in [0.5, 0.6) is 0 Å². The topological polar surface area (TPSA) is 64.3 Å². The highest BCUT2D eigenvalue weighted by Gasteiger charge is 2.25. The molecule has 1 rings (SSSR count). The lowest BCUT2D eigenvalue weighted by Crippen LogP contribution is -2.49. The van der Waals surface area contributed by atoms with Crippen molar-refractivity contribution in [1.29, 1.82) is 0 Å². The molecule has 0 aromatic rings.